The van der Waals surface area contributed by atoms with Gasteiger partial charge >= 0.3 is 0 Å². The third-order valence-corrected chi connectivity index (χ3v) is 5.93. The van der Waals surface area contributed by atoms with Crippen molar-refractivity contribution < 1.29 is 17.9 Å². The summed E-state index contributed by atoms with van der Waals surface area (Å²) in [5.74, 6) is 0.395. The van der Waals surface area contributed by atoms with Gasteiger partial charge in [0.15, 0.2) is 0 Å². The maximum Gasteiger partial charge on any atom is 0.243 e. The van der Waals surface area contributed by atoms with Crippen molar-refractivity contribution in [2.24, 2.45) is 0 Å². The number of aryl methyl sites for hydroxylation is 3. The van der Waals surface area contributed by atoms with E-state index in [-0.39, 0.29) is 17.3 Å². The highest BCUT2D eigenvalue weighted by Gasteiger charge is 2.22. The van der Waals surface area contributed by atoms with Gasteiger partial charge in [-0.25, -0.2) is 8.42 Å². The van der Waals surface area contributed by atoms with Crippen molar-refractivity contribution in [3.63, 3.8) is 0 Å². The van der Waals surface area contributed by atoms with E-state index in [1.165, 1.54) is 19.2 Å². The van der Waals surface area contributed by atoms with Crippen LogP contribution in [0.2, 0.25) is 0 Å². The number of hydrogen-bond acceptors (Lipinski definition) is 4. The molecule has 0 aliphatic heterocycles. The van der Waals surface area contributed by atoms with Crippen molar-refractivity contribution in [2.75, 3.05) is 26.7 Å². The summed E-state index contributed by atoms with van der Waals surface area (Å²) in [6.07, 6.45) is 0. The van der Waals surface area contributed by atoms with E-state index in [1.807, 2.05) is 39.0 Å². The second-order valence-electron chi connectivity index (χ2n) is 6.54. The summed E-state index contributed by atoms with van der Waals surface area (Å²) in [6.45, 7) is 6.21. The molecule has 0 saturated heterocycles. The predicted molar refractivity (Wildman–Crippen MR) is 105 cm³/mol. The highest BCUT2D eigenvalue weighted by atomic mass is 32.2. The number of nitrogens with zero attached hydrogens (tertiary/aromatic N) is 1. The van der Waals surface area contributed by atoms with Crippen LogP contribution in [0.5, 0.6) is 5.75 Å². The van der Waals surface area contributed by atoms with Crippen molar-refractivity contribution in [1.29, 1.82) is 0 Å². The van der Waals surface area contributed by atoms with Crippen LogP contribution < -0.4 is 10.1 Å². The van der Waals surface area contributed by atoms with Crippen molar-refractivity contribution in [2.45, 2.75) is 25.7 Å². The van der Waals surface area contributed by atoms with Gasteiger partial charge in [-0.2, -0.15) is 4.31 Å². The van der Waals surface area contributed by atoms with Crippen molar-refractivity contribution >= 4 is 15.9 Å². The summed E-state index contributed by atoms with van der Waals surface area (Å²) in [4.78, 5) is 12.2. The monoisotopic (exact) mass is 390 g/mol. The Hall–Kier alpha value is -2.38. The lowest BCUT2D eigenvalue weighted by Crippen LogP contribution is -2.39. The molecule has 0 heterocycles. The summed E-state index contributed by atoms with van der Waals surface area (Å²) >= 11 is 0. The van der Waals surface area contributed by atoms with Gasteiger partial charge in [-0.3, -0.25) is 4.79 Å². The third-order valence-electron chi connectivity index (χ3n) is 4.11. The number of amides is 1. The van der Waals surface area contributed by atoms with Gasteiger partial charge < -0.3 is 10.1 Å². The molecule has 0 spiro atoms. The SMILES string of the molecule is Cc1ccc(S(=O)(=O)N(C)CC(=O)NCCOc2ccc(C)cc2C)cc1. The molecule has 0 radical (unpaired) electrons. The minimum absolute atomic E-state index is 0.168. The van der Waals surface area contributed by atoms with Gasteiger partial charge in [0.05, 0.1) is 18.0 Å². The fourth-order valence-electron chi connectivity index (χ4n) is 2.55. The average Bonchev–Trinajstić information content (AvgIpc) is 2.60. The topological polar surface area (TPSA) is 75.7 Å². The first kappa shape index (κ1) is 20.9. The number of rotatable bonds is 8. The predicted octanol–water partition coefficient (Wildman–Crippen LogP) is 2.43. The van der Waals surface area contributed by atoms with Crippen LogP contribution in [0.1, 0.15) is 16.7 Å². The lowest BCUT2D eigenvalue weighted by molar-refractivity contribution is -0.121. The van der Waals surface area contributed by atoms with Crippen LogP contribution >= 0.6 is 0 Å². The van der Waals surface area contributed by atoms with E-state index < -0.39 is 10.0 Å². The van der Waals surface area contributed by atoms with Crippen molar-refractivity contribution in [3.8, 4) is 5.75 Å². The van der Waals surface area contributed by atoms with Crippen LogP contribution in [0.15, 0.2) is 47.4 Å². The molecular formula is C20H26N2O4S. The van der Waals surface area contributed by atoms with Crippen molar-refractivity contribution in [3.05, 3.63) is 59.2 Å². The molecule has 0 saturated carbocycles. The molecular weight excluding hydrogens is 364 g/mol. The molecule has 0 aliphatic carbocycles. The van der Waals surface area contributed by atoms with E-state index >= 15 is 0 Å². The summed E-state index contributed by atoms with van der Waals surface area (Å²) < 4.78 is 31.6. The van der Waals surface area contributed by atoms with Crippen molar-refractivity contribution in [1.82, 2.24) is 9.62 Å². The van der Waals surface area contributed by atoms with Gasteiger partial charge in [0.25, 0.3) is 0 Å². The largest absolute Gasteiger partial charge is 0.491 e. The van der Waals surface area contributed by atoms with Gasteiger partial charge in [0.1, 0.15) is 12.4 Å². The lowest BCUT2D eigenvalue weighted by atomic mass is 10.1. The summed E-state index contributed by atoms with van der Waals surface area (Å²) in [5, 5.41) is 2.68. The summed E-state index contributed by atoms with van der Waals surface area (Å²) in [7, 11) is -2.30. The molecule has 2 aromatic carbocycles. The maximum absolute atomic E-state index is 12.5. The fraction of sp³-hybridized carbons (Fsp3) is 0.350. The smallest absolute Gasteiger partial charge is 0.243 e. The molecule has 2 rings (SSSR count). The van der Waals surface area contributed by atoms with E-state index in [0.717, 1.165) is 26.7 Å². The highest BCUT2D eigenvalue weighted by molar-refractivity contribution is 7.89. The Morgan fingerprint density at radius 3 is 2.30 bits per heavy atom. The first-order valence-electron chi connectivity index (χ1n) is 8.70. The molecule has 0 bridgehead atoms. The highest BCUT2D eigenvalue weighted by Crippen LogP contribution is 2.18. The molecule has 2 aromatic rings. The normalized spacial score (nSPS) is 11.4. The van der Waals surface area contributed by atoms with E-state index in [4.69, 9.17) is 4.74 Å². The van der Waals surface area contributed by atoms with Crippen LogP contribution in [0.3, 0.4) is 0 Å². The summed E-state index contributed by atoms with van der Waals surface area (Å²) in [6, 6.07) is 12.4. The Kier molecular flexibility index (Phi) is 6.98. The molecule has 1 amide bonds. The zero-order valence-corrected chi connectivity index (χ0v) is 17.0. The average molecular weight is 391 g/mol. The zero-order chi connectivity index (χ0) is 20.0. The molecule has 1 N–H and O–H groups in total. The van der Waals surface area contributed by atoms with Crippen LogP contribution in [0, 0.1) is 20.8 Å². The van der Waals surface area contributed by atoms with Gasteiger partial charge in [-0.05, 0) is 44.5 Å². The Bertz CT molecular complexity index is 893. The molecule has 0 aliphatic rings. The number of nitrogens with one attached hydrogen (secondary N) is 1. The van der Waals surface area contributed by atoms with Crippen LogP contribution in [0.4, 0.5) is 0 Å². The number of benzene rings is 2. The number of carbonyl (C=O) groups is 1. The van der Waals surface area contributed by atoms with Gasteiger partial charge in [0.2, 0.25) is 15.9 Å². The van der Waals surface area contributed by atoms with Gasteiger partial charge in [0, 0.05) is 7.05 Å². The second-order valence-corrected chi connectivity index (χ2v) is 8.59. The second kappa shape index (κ2) is 9.01. The number of carbonyl (C=O) groups excluding carboxylic acids is 1. The minimum Gasteiger partial charge on any atom is -0.491 e. The number of hydrogen-bond donors (Lipinski definition) is 1. The molecule has 0 atom stereocenters. The van der Waals surface area contributed by atoms with Gasteiger partial charge in [-0.1, -0.05) is 35.4 Å². The first-order valence-corrected chi connectivity index (χ1v) is 10.1. The molecule has 6 nitrogen and oxygen atoms in total. The standard InChI is InChI=1S/C20H26N2O4S/c1-15-5-8-18(9-6-15)27(24,25)22(4)14-20(23)21-11-12-26-19-10-7-16(2)13-17(19)3/h5-10,13H,11-12,14H2,1-4H3,(H,21,23). The Morgan fingerprint density at radius 2 is 1.67 bits per heavy atom. The van der Waals surface area contributed by atoms with Gasteiger partial charge in [-0.15, -0.1) is 0 Å². The number of likely N-dealkylation sites (N-methyl/N-ethyl adjacent to an activating group) is 1. The molecule has 0 aromatic heterocycles. The van der Waals surface area contributed by atoms with Crippen LogP contribution in [-0.4, -0.2) is 45.4 Å². The molecule has 0 unspecified atom stereocenters. The minimum atomic E-state index is -3.69. The van der Waals surface area contributed by atoms with E-state index in [1.54, 1.807) is 12.1 Å². The zero-order valence-electron chi connectivity index (χ0n) is 16.2. The number of ether oxygens (including phenoxy) is 1. The van der Waals surface area contributed by atoms with Crippen LogP contribution in [-0.2, 0) is 14.8 Å². The van der Waals surface area contributed by atoms with E-state index in [2.05, 4.69) is 5.32 Å². The lowest BCUT2D eigenvalue weighted by Gasteiger charge is -2.17. The molecule has 7 heteroatoms. The Labute approximate surface area is 161 Å². The fourth-order valence-corrected chi connectivity index (χ4v) is 3.67. The number of sulfonamides is 1. The first-order chi connectivity index (χ1) is 12.7. The van der Waals surface area contributed by atoms with Crippen LogP contribution in [0.25, 0.3) is 0 Å². The van der Waals surface area contributed by atoms with E-state index in [9.17, 15) is 13.2 Å². The summed E-state index contributed by atoms with van der Waals surface area (Å²) in [5.41, 5.74) is 3.16. The molecule has 146 valence electrons. The quantitative estimate of drug-likeness (QED) is 0.703. The van der Waals surface area contributed by atoms with E-state index in [0.29, 0.717) is 13.2 Å². The molecule has 27 heavy (non-hydrogen) atoms. The molecule has 0 fully saturated rings. The Balaban J connectivity index is 1.81. The maximum atomic E-state index is 12.5. The Morgan fingerprint density at radius 1 is 1.04 bits per heavy atom. The third kappa shape index (κ3) is 5.80.